The Morgan fingerprint density at radius 1 is 0.429 bits per heavy atom. The highest BCUT2D eigenvalue weighted by molar-refractivity contribution is 5.60. The highest BCUT2D eigenvalue weighted by atomic mass is 16.3. The van der Waals surface area contributed by atoms with Crippen molar-refractivity contribution >= 4 is 17.1 Å². The second-order valence-electron chi connectivity index (χ2n) is 12.6. The van der Waals surface area contributed by atoms with Crippen molar-refractivity contribution in [3.8, 4) is 0 Å². The Hall–Kier alpha value is -3.10. The van der Waals surface area contributed by atoms with Gasteiger partial charge in [-0.1, -0.05) is 36.4 Å². The van der Waals surface area contributed by atoms with Gasteiger partial charge in [-0.2, -0.15) is 0 Å². The number of aliphatic hydroxyl groups excluding tert-OH is 1. The quantitative estimate of drug-likeness (QED) is 0.439. The minimum absolute atomic E-state index is 0.00255. The van der Waals surface area contributed by atoms with E-state index < -0.39 is 5.41 Å². The molecule has 0 aromatic heterocycles. The van der Waals surface area contributed by atoms with E-state index in [0.29, 0.717) is 0 Å². The number of anilines is 3. The van der Waals surface area contributed by atoms with Crippen molar-refractivity contribution in [2.75, 3.05) is 121 Å². The lowest BCUT2D eigenvalue weighted by Gasteiger charge is -2.38. The normalized spacial score (nSPS) is 19.9. The van der Waals surface area contributed by atoms with Gasteiger partial charge in [-0.3, -0.25) is 0 Å². The molecule has 3 aliphatic rings. The predicted molar refractivity (Wildman–Crippen MR) is 175 cm³/mol. The summed E-state index contributed by atoms with van der Waals surface area (Å²) < 4.78 is 0. The van der Waals surface area contributed by atoms with E-state index in [9.17, 15) is 5.11 Å². The second-order valence-corrected chi connectivity index (χ2v) is 12.6. The van der Waals surface area contributed by atoms with Crippen LogP contribution in [0.15, 0.2) is 72.8 Å². The largest absolute Gasteiger partial charge is 0.395 e. The van der Waals surface area contributed by atoms with Crippen LogP contribution in [0.25, 0.3) is 0 Å². The Morgan fingerprint density at radius 3 is 0.881 bits per heavy atom. The molecule has 0 saturated carbocycles. The number of likely N-dealkylation sites (N-methyl/N-ethyl adjacent to an activating group) is 3. The summed E-state index contributed by atoms with van der Waals surface area (Å²) in [5.74, 6) is 0. The SMILES string of the molecule is CN1CCN(c2ccc(C(CO)(c3ccc(N4CCN(C)CC4)cc3)c3ccc(N4CCN(C)CC4)cc3)cc2)CC1. The van der Waals surface area contributed by atoms with Crippen molar-refractivity contribution in [2.24, 2.45) is 0 Å². The Labute approximate surface area is 252 Å². The third kappa shape index (κ3) is 5.88. The molecule has 0 aliphatic carbocycles. The highest BCUT2D eigenvalue weighted by Gasteiger charge is 2.36. The van der Waals surface area contributed by atoms with Crippen LogP contribution in [0.3, 0.4) is 0 Å². The predicted octanol–water partition coefficient (Wildman–Crippen LogP) is 3.27. The van der Waals surface area contributed by atoms with E-state index in [2.05, 4.69) is 123 Å². The van der Waals surface area contributed by atoms with Crippen molar-refractivity contribution in [2.45, 2.75) is 5.41 Å². The topological polar surface area (TPSA) is 39.7 Å². The van der Waals surface area contributed by atoms with E-state index in [4.69, 9.17) is 0 Å². The molecule has 0 amide bonds. The van der Waals surface area contributed by atoms with Gasteiger partial charge in [0.15, 0.2) is 0 Å². The van der Waals surface area contributed by atoms with Crippen molar-refractivity contribution < 1.29 is 5.11 Å². The summed E-state index contributed by atoms with van der Waals surface area (Å²) in [7, 11) is 6.58. The van der Waals surface area contributed by atoms with Crippen LogP contribution in [0.1, 0.15) is 16.7 Å². The minimum Gasteiger partial charge on any atom is -0.395 e. The first kappa shape index (κ1) is 29.0. The average molecular weight is 569 g/mol. The lowest BCUT2D eigenvalue weighted by Crippen LogP contribution is -2.44. The average Bonchev–Trinajstić information content (AvgIpc) is 3.04. The number of hydrogen-bond donors (Lipinski definition) is 1. The maximum atomic E-state index is 11.3. The molecule has 0 unspecified atom stereocenters. The molecule has 3 heterocycles. The van der Waals surface area contributed by atoms with E-state index in [1.807, 2.05) is 0 Å². The molecule has 1 N–H and O–H groups in total. The molecular weight excluding hydrogens is 520 g/mol. The number of piperazine rings is 3. The van der Waals surface area contributed by atoms with E-state index in [0.717, 1.165) is 95.2 Å². The molecule has 0 spiro atoms. The van der Waals surface area contributed by atoms with Crippen molar-refractivity contribution in [1.29, 1.82) is 0 Å². The van der Waals surface area contributed by atoms with Crippen LogP contribution < -0.4 is 14.7 Å². The van der Waals surface area contributed by atoms with E-state index >= 15 is 0 Å². The molecule has 42 heavy (non-hydrogen) atoms. The third-order valence-corrected chi connectivity index (χ3v) is 9.92. The lowest BCUT2D eigenvalue weighted by molar-refractivity contribution is 0.243. The Kier molecular flexibility index (Phi) is 8.72. The maximum Gasteiger partial charge on any atom is 0.0682 e. The summed E-state index contributed by atoms with van der Waals surface area (Å²) in [5, 5.41) is 11.3. The molecule has 0 radical (unpaired) electrons. The van der Waals surface area contributed by atoms with Gasteiger partial charge in [0.25, 0.3) is 0 Å². The molecule has 224 valence electrons. The van der Waals surface area contributed by atoms with Crippen molar-refractivity contribution in [1.82, 2.24) is 14.7 Å². The molecule has 3 aliphatic heterocycles. The summed E-state index contributed by atoms with van der Waals surface area (Å²) in [6.45, 7) is 12.8. The van der Waals surface area contributed by atoms with Gasteiger partial charge in [-0.25, -0.2) is 0 Å². The monoisotopic (exact) mass is 568 g/mol. The fourth-order valence-electron chi connectivity index (χ4n) is 6.84. The molecule has 3 aromatic rings. The molecule has 3 fully saturated rings. The first-order chi connectivity index (χ1) is 20.5. The van der Waals surface area contributed by atoms with E-state index in [1.54, 1.807) is 0 Å². The number of benzene rings is 3. The molecule has 3 saturated heterocycles. The van der Waals surface area contributed by atoms with Gasteiger partial charge in [0.1, 0.15) is 0 Å². The second kappa shape index (κ2) is 12.6. The van der Waals surface area contributed by atoms with Crippen LogP contribution in [0, 0.1) is 0 Å². The van der Waals surface area contributed by atoms with Crippen LogP contribution in [-0.2, 0) is 5.41 Å². The summed E-state index contributed by atoms with van der Waals surface area (Å²) >= 11 is 0. The van der Waals surface area contributed by atoms with Gasteiger partial charge >= 0.3 is 0 Å². The third-order valence-electron chi connectivity index (χ3n) is 9.92. The van der Waals surface area contributed by atoms with Gasteiger partial charge in [-0.05, 0) is 74.2 Å². The highest BCUT2D eigenvalue weighted by Crippen LogP contribution is 2.41. The standard InChI is InChI=1S/C35H48N6O/c1-36-16-22-39(23-17-36)32-10-4-29(5-11-32)35(28-42,30-6-12-33(13-7-30)40-24-18-37(2)19-25-40)31-8-14-34(15-9-31)41-26-20-38(3)21-27-41/h4-15,42H,16-28H2,1-3H3. The fourth-order valence-corrected chi connectivity index (χ4v) is 6.84. The Bertz CT molecular complexity index is 1110. The van der Waals surface area contributed by atoms with Gasteiger partial charge in [0, 0.05) is 95.6 Å². The van der Waals surface area contributed by atoms with Crippen LogP contribution in [-0.4, -0.2) is 126 Å². The smallest absolute Gasteiger partial charge is 0.0682 e. The summed E-state index contributed by atoms with van der Waals surface area (Å²) in [4.78, 5) is 14.6. The number of rotatable bonds is 7. The van der Waals surface area contributed by atoms with Gasteiger partial charge in [0.2, 0.25) is 0 Å². The molecule has 7 nitrogen and oxygen atoms in total. The zero-order valence-electron chi connectivity index (χ0n) is 25.8. The molecule has 7 heteroatoms. The lowest BCUT2D eigenvalue weighted by atomic mass is 9.70. The summed E-state index contributed by atoms with van der Waals surface area (Å²) in [5.41, 5.74) is 6.51. The van der Waals surface area contributed by atoms with Crippen LogP contribution in [0.5, 0.6) is 0 Å². The van der Waals surface area contributed by atoms with Gasteiger partial charge in [-0.15, -0.1) is 0 Å². The molecule has 0 bridgehead atoms. The molecule has 3 aromatic carbocycles. The number of nitrogens with zero attached hydrogens (tertiary/aromatic N) is 6. The van der Waals surface area contributed by atoms with Crippen LogP contribution in [0.2, 0.25) is 0 Å². The minimum atomic E-state index is -0.651. The Balaban J connectivity index is 1.34. The molecular formula is C35H48N6O. The van der Waals surface area contributed by atoms with Crippen molar-refractivity contribution in [3.63, 3.8) is 0 Å². The van der Waals surface area contributed by atoms with Crippen molar-refractivity contribution in [3.05, 3.63) is 89.5 Å². The summed E-state index contributed by atoms with van der Waals surface area (Å²) in [6, 6.07) is 27.0. The number of hydrogen-bond acceptors (Lipinski definition) is 7. The van der Waals surface area contributed by atoms with Gasteiger partial charge in [0.05, 0.1) is 12.0 Å². The van der Waals surface area contributed by atoms with E-state index in [1.165, 1.54) is 17.1 Å². The Morgan fingerprint density at radius 2 is 0.667 bits per heavy atom. The number of aliphatic hydroxyl groups is 1. The van der Waals surface area contributed by atoms with Gasteiger partial charge < -0.3 is 34.5 Å². The zero-order chi connectivity index (χ0) is 29.1. The first-order valence-corrected chi connectivity index (χ1v) is 15.7. The molecule has 6 rings (SSSR count). The first-order valence-electron chi connectivity index (χ1n) is 15.7. The fraction of sp³-hybridized carbons (Fsp3) is 0.486. The molecule has 0 atom stereocenters. The van der Waals surface area contributed by atoms with E-state index in [-0.39, 0.29) is 6.61 Å². The maximum absolute atomic E-state index is 11.3. The zero-order valence-corrected chi connectivity index (χ0v) is 25.8. The summed E-state index contributed by atoms with van der Waals surface area (Å²) in [6.07, 6.45) is 0. The van der Waals surface area contributed by atoms with Crippen LogP contribution in [0.4, 0.5) is 17.1 Å². The van der Waals surface area contributed by atoms with Crippen LogP contribution >= 0.6 is 0 Å².